The molecule has 1 heterocycles. The third-order valence-corrected chi connectivity index (χ3v) is 2.35. The molecule has 0 N–H and O–H groups in total. The number of hydrogen-bond donors (Lipinski definition) is 0. The average molecular weight is 221 g/mol. The van der Waals surface area contributed by atoms with Gasteiger partial charge in [0.05, 0.1) is 5.69 Å². The smallest absolute Gasteiger partial charge is 0.170 e. The fourth-order valence-corrected chi connectivity index (χ4v) is 1.53. The Kier molecular flexibility index (Phi) is 2.56. The van der Waals surface area contributed by atoms with Crippen LogP contribution in [0.15, 0.2) is 30.3 Å². The average Bonchev–Trinajstić information content (AvgIpc) is 2.61. The lowest BCUT2D eigenvalue weighted by molar-refractivity contribution is 0.111. The molecule has 2 aromatic rings. The molecule has 0 aliphatic carbocycles. The minimum Gasteiger partial charge on any atom is -0.296 e. The molecule has 15 heavy (non-hydrogen) atoms. The van der Waals surface area contributed by atoms with Gasteiger partial charge in [-0.15, -0.1) is 0 Å². The predicted octanol–water partition coefficient (Wildman–Crippen LogP) is 2.65. The molecule has 0 fully saturated rings. The second-order valence-electron chi connectivity index (χ2n) is 3.22. The molecule has 0 saturated carbocycles. The maximum Gasteiger partial charge on any atom is 0.170 e. The lowest BCUT2D eigenvalue weighted by atomic mass is 10.3. The Balaban J connectivity index is 2.48. The van der Waals surface area contributed by atoms with Crippen molar-refractivity contribution < 1.29 is 4.79 Å². The molecule has 0 radical (unpaired) electrons. The third-order valence-electron chi connectivity index (χ3n) is 2.10. The Bertz CT molecular complexity index is 488. The van der Waals surface area contributed by atoms with Gasteiger partial charge in [-0.3, -0.25) is 4.79 Å². The molecule has 0 aliphatic rings. The summed E-state index contributed by atoms with van der Waals surface area (Å²) >= 11 is 5.79. The number of carbonyl (C=O) groups excluding carboxylic acids is 1. The first kappa shape index (κ1) is 9.93. The molecule has 0 amide bonds. The molecule has 76 valence electrons. The van der Waals surface area contributed by atoms with Gasteiger partial charge in [0.2, 0.25) is 0 Å². The molecule has 0 spiro atoms. The van der Waals surface area contributed by atoms with E-state index in [2.05, 4.69) is 5.10 Å². The molecule has 0 unspecified atom stereocenters. The summed E-state index contributed by atoms with van der Waals surface area (Å²) in [6.45, 7) is 1.90. The van der Waals surface area contributed by atoms with Crippen LogP contribution in [0.4, 0.5) is 0 Å². The first-order valence-electron chi connectivity index (χ1n) is 4.48. The zero-order chi connectivity index (χ0) is 10.8. The van der Waals surface area contributed by atoms with Crippen molar-refractivity contribution in [2.75, 3.05) is 0 Å². The van der Waals surface area contributed by atoms with Gasteiger partial charge in [-0.05, 0) is 37.3 Å². The van der Waals surface area contributed by atoms with Crippen LogP contribution in [-0.4, -0.2) is 16.1 Å². The van der Waals surface area contributed by atoms with Crippen molar-refractivity contribution in [2.45, 2.75) is 6.92 Å². The highest BCUT2D eigenvalue weighted by Gasteiger charge is 2.04. The minimum absolute atomic E-state index is 0.433. The van der Waals surface area contributed by atoms with Crippen LogP contribution in [0.3, 0.4) is 0 Å². The molecule has 3 nitrogen and oxygen atoms in total. The summed E-state index contributed by atoms with van der Waals surface area (Å²) < 4.78 is 1.71. The molecule has 0 bridgehead atoms. The van der Waals surface area contributed by atoms with Crippen LogP contribution < -0.4 is 0 Å². The van der Waals surface area contributed by atoms with E-state index in [0.717, 1.165) is 17.7 Å². The highest BCUT2D eigenvalue weighted by atomic mass is 35.5. The molecule has 0 aliphatic heterocycles. The first-order valence-corrected chi connectivity index (χ1v) is 4.86. The zero-order valence-corrected chi connectivity index (χ0v) is 8.90. The monoisotopic (exact) mass is 220 g/mol. The Morgan fingerprint density at radius 1 is 1.33 bits per heavy atom. The van der Waals surface area contributed by atoms with Crippen LogP contribution in [0.25, 0.3) is 5.69 Å². The van der Waals surface area contributed by atoms with Gasteiger partial charge in [0, 0.05) is 10.7 Å². The summed E-state index contributed by atoms with van der Waals surface area (Å²) in [5, 5.41) is 4.81. The molecular weight excluding hydrogens is 212 g/mol. The first-order chi connectivity index (χ1) is 7.20. The number of rotatable bonds is 2. The van der Waals surface area contributed by atoms with Gasteiger partial charge in [0.15, 0.2) is 6.29 Å². The van der Waals surface area contributed by atoms with E-state index in [1.54, 1.807) is 22.9 Å². The summed E-state index contributed by atoms with van der Waals surface area (Å²) in [6, 6.07) is 9.03. The van der Waals surface area contributed by atoms with Gasteiger partial charge in [0.25, 0.3) is 0 Å². The van der Waals surface area contributed by atoms with Crippen molar-refractivity contribution in [1.82, 2.24) is 9.78 Å². The van der Waals surface area contributed by atoms with Gasteiger partial charge in [0.1, 0.15) is 5.69 Å². The van der Waals surface area contributed by atoms with Crippen molar-refractivity contribution in [2.24, 2.45) is 0 Å². The van der Waals surface area contributed by atoms with E-state index in [1.807, 2.05) is 19.1 Å². The maximum absolute atomic E-state index is 10.6. The van der Waals surface area contributed by atoms with Crippen molar-refractivity contribution in [1.29, 1.82) is 0 Å². The molecule has 0 saturated heterocycles. The molecular formula is C11H9ClN2O. The topological polar surface area (TPSA) is 34.9 Å². The second-order valence-corrected chi connectivity index (χ2v) is 3.65. The zero-order valence-electron chi connectivity index (χ0n) is 8.14. The fourth-order valence-electron chi connectivity index (χ4n) is 1.40. The quantitative estimate of drug-likeness (QED) is 0.730. The van der Waals surface area contributed by atoms with E-state index in [4.69, 9.17) is 11.6 Å². The minimum atomic E-state index is 0.433. The third kappa shape index (κ3) is 1.92. The maximum atomic E-state index is 10.6. The lowest BCUT2D eigenvalue weighted by Gasteiger charge is -2.03. The van der Waals surface area contributed by atoms with E-state index < -0.39 is 0 Å². The normalized spacial score (nSPS) is 10.3. The Hall–Kier alpha value is -1.61. The van der Waals surface area contributed by atoms with Crippen LogP contribution in [-0.2, 0) is 0 Å². The van der Waals surface area contributed by atoms with Crippen molar-refractivity contribution in [3.63, 3.8) is 0 Å². The highest BCUT2D eigenvalue weighted by Crippen LogP contribution is 2.15. The van der Waals surface area contributed by atoms with Crippen LogP contribution in [0, 0.1) is 6.92 Å². The second kappa shape index (κ2) is 3.87. The standard InChI is InChI=1S/C11H9ClN2O/c1-8-6-10(7-15)13-14(8)11-4-2-9(12)3-5-11/h2-7H,1H3. The summed E-state index contributed by atoms with van der Waals surface area (Å²) in [4.78, 5) is 10.6. The number of carbonyl (C=O) groups is 1. The number of halogens is 1. The van der Waals surface area contributed by atoms with Gasteiger partial charge in [-0.1, -0.05) is 11.6 Å². The van der Waals surface area contributed by atoms with Gasteiger partial charge >= 0.3 is 0 Å². The van der Waals surface area contributed by atoms with E-state index in [9.17, 15) is 4.79 Å². The molecule has 4 heteroatoms. The summed E-state index contributed by atoms with van der Waals surface area (Å²) in [7, 11) is 0. The van der Waals surface area contributed by atoms with Crippen LogP contribution in [0.1, 0.15) is 16.2 Å². The molecule has 1 aromatic heterocycles. The summed E-state index contributed by atoms with van der Waals surface area (Å²) in [5.74, 6) is 0. The van der Waals surface area contributed by atoms with E-state index in [-0.39, 0.29) is 0 Å². The SMILES string of the molecule is Cc1cc(C=O)nn1-c1ccc(Cl)cc1. The van der Waals surface area contributed by atoms with Crippen molar-refractivity contribution in [3.05, 3.63) is 46.7 Å². The van der Waals surface area contributed by atoms with Gasteiger partial charge in [-0.2, -0.15) is 5.10 Å². The summed E-state index contributed by atoms with van der Waals surface area (Å²) in [5.41, 5.74) is 2.24. The Labute approximate surface area is 92.3 Å². The number of hydrogen-bond acceptors (Lipinski definition) is 2. The molecule has 2 rings (SSSR count). The van der Waals surface area contributed by atoms with E-state index >= 15 is 0 Å². The number of aldehydes is 1. The van der Waals surface area contributed by atoms with E-state index in [1.165, 1.54) is 0 Å². The number of aryl methyl sites for hydroxylation is 1. The Morgan fingerprint density at radius 3 is 2.53 bits per heavy atom. The number of benzene rings is 1. The predicted molar refractivity (Wildman–Crippen MR) is 58.7 cm³/mol. The molecule has 0 atom stereocenters. The number of nitrogens with zero attached hydrogens (tertiary/aromatic N) is 2. The van der Waals surface area contributed by atoms with Crippen LogP contribution in [0.5, 0.6) is 0 Å². The van der Waals surface area contributed by atoms with E-state index in [0.29, 0.717) is 10.7 Å². The Morgan fingerprint density at radius 2 is 2.00 bits per heavy atom. The highest BCUT2D eigenvalue weighted by molar-refractivity contribution is 6.30. The largest absolute Gasteiger partial charge is 0.296 e. The van der Waals surface area contributed by atoms with Crippen molar-refractivity contribution in [3.8, 4) is 5.69 Å². The molecule has 1 aromatic carbocycles. The van der Waals surface area contributed by atoms with Crippen LogP contribution in [0.2, 0.25) is 5.02 Å². The van der Waals surface area contributed by atoms with Crippen molar-refractivity contribution >= 4 is 17.9 Å². The summed E-state index contributed by atoms with van der Waals surface area (Å²) in [6.07, 6.45) is 0.736. The van der Waals surface area contributed by atoms with Gasteiger partial charge in [-0.25, -0.2) is 4.68 Å². The number of aromatic nitrogens is 2. The van der Waals surface area contributed by atoms with Gasteiger partial charge < -0.3 is 0 Å². The lowest BCUT2D eigenvalue weighted by Crippen LogP contribution is -1.98. The fraction of sp³-hybridized carbons (Fsp3) is 0.0909. The van der Waals surface area contributed by atoms with Crippen LogP contribution >= 0.6 is 11.6 Å².